The molecule has 0 bridgehead atoms. The minimum atomic E-state index is -0.550. The predicted octanol–water partition coefficient (Wildman–Crippen LogP) is 0.776. The van der Waals surface area contributed by atoms with Gasteiger partial charge in [0.25, 0.3) is 5.91 Å². The van der Waals surface area contributed by atoms with Gasteiger partial charge < -0.3 is 11.5 Å². The van der Waals surface area contributed by atoms with Crippen LogP contribution in [0.4, 0.5) is 0 Å². The second-order valence-corrected chi connectivity index (χ2v) is 3.97. The van der Waals surface area contributed by atoms with Gasteiger partial charge in [0, 0.05) is 12.2 Å². The SMILES string of the molecule is CCC(N)c1ccc(-n2ccc(C(N)=O)n2)cn1. The first kappa shape index (κ1) is 12.3. The molecule has 0 aliphatic heterocycles. The van der Waals surface area contributed by atoms with Crippen molar-refractivity contribution in [1.29, 1.82) is 0 Å². The van der Waals surface area contributed by atoms with Crippen LogP contribution in [0, 0.1) is 0 Å². The Morgan fingerprint density at radius 3 is 2.72 bits per heavy atom. The highest BCUT2D eigenvalue weighted by atomic mass is 16.1. The molecule has 6 nitrogen and oxygen atoms in total. The lowest BCUT2D eigenvalue weighted by Crippen LogP contribution is -2.12. The van der Waals surface area contributed by atoms with Gasteiger partial charge in [0.2, 0.25) is 0 Å². The molecule has 0 spiro atoms. The lowest BCUT2D eigenvalue weighted by molar-refractivity contribution is 0.0995. The summed E-state index contributed by atoms with van der Waals surface area (Å²) in [5.74, 6) is -0.550. The van der Waals surface area contributed by atoms with E-state index < -0.39 is 5.91 Å². The van der Waals surface area contributed by atoms with Gasteiger partial charge in [-0.3, -0.25) is 9.78 Å². The van der Waals surface area contributed by atoms with Crippen molar-refractivity contribution in [3.63, 3.8) is 0 Å². The molecule has 94 valence electrons. The zero-order valence-electron chi connectivity index (χ0n) is 10.1. The third kappa shape index (κ3) is 2.38. The Kier molecular flexibility index (Phi) is 3.38. The number of rotatable bonds is 4. The molecule has 0 aliphatic rings. The number of nitrogens with two attached hydrogens (primary N) is 2. The molecule has 18 heavy (non-hydrogen) atoms. The van der Waals surface area contributed by atoms with Crippen LogP contribution >= 0.6 is 0 Å². The monoisotopic (exact) mass is 245 g/mol. The van der Waals surface area contributed by atoms with Crippen molar-refractivity contribution in [3.8, 4) is 5.69 Å². The number of aromatic nitrogens is 3. The van der Waals surface area contributed by atoms with Crippen molar-refractivity contribution in [3.05, 3.63) is 42.0 Å². The highest BCUT2D eigenvalue weighted by molar-refractivity contribution is 5.90. The van der Waals surface area contributed by atoms with E-state index in [1.54, 1.807) is 23.1 Å². The first-order chi connectivity index (χ1) is 8.61. The Bertz CT molecular complexity index is 546. The summed E-state index contributed by atoms with van der Waals surface area (Å²) in [5, 5.41) is 4.05. The molecular weight excluding hydrogens is 230 g/mol. The highest BCUT2D eigenvalue weighted by Gasteiger charge is 2.08. The number of hydrogen-bond acceptors (Lipinski definition) is 4. The highest BCUT2D eigenvalue weighted by Crippen LogP contribution is 2.13. The summed E-state index contributed by atoms with van der Waals surface area (Å²) >= 11 is 0. The first-order valence-electron chi connectivity index (χ1n) is 5.69. The number of carbonyl (C=O) groups is 1. The van der Waals surface area contributed by atoms with E-state index in [0.29, 0.717) is 0 Å². The molecule has 0 saturated heterocycles. The van der Waals surface area contributed by atoms with Crippen molar-refractivity contribution in [2.45, 2.75) is 19.4 Å². The number of carbonyl (C=O) groups excluding carboxylic acids is 1. The number of amides is 1. The molecule has 1 atom stereocenters. The van der Waals surface area contributed by atoms with E-state index in [1.165, 1.54) is 0 Å². The molecule has 0 fully saturated rings. The fraction of sp³-hybridized carbons (Fsp3) is 0.250. The lowest BCUT2D eigenvalue weighted by Gasteiger charge is -2.08. The molecule has 2 aromatic heterocycles. The molecule has 0 aromatic carbocycles. The van der Waals surface area contributed by atoms with Crippen molar-refractivity contribution >= 4 is 5.91 Å². The van der Waals surface area contributed by atoms with Gasteiger partial charge >= 0.3 is 0 Å². The zero-order chi connectivity index (χ0) is 13.1. The van der Waals surface area contributed by atoms with E-state index in [9.17, 15) is 4.79 Å². The maximum Gasteiger partial charge on any atom is 0.269 e. The molecule has 6 heteroatoms. The third-order valence-electron chi connectivity index (χ3n) is 2.70. The number of hydrogen-bond donors (Lipinski definition) is 2. The van der Waals surface area contributed by atoms with Crippen LogP contribution in [0.3, 0.4) is 0 Å². The van der Waals surface area contributed by atoms with E-state index >= 15 is 0 Å². The summed E-state index contributed by atoms with van der Waals surface area (Å²) in [6.07, 6.45) is 4.17. The first-order valence-corrected chi connectivity index (χ1v) is 5.69. The molecular formula is C12H15N5O. The Labute approximate surface area is 105 Å². The minimum Gasteiger partial charge on any atom is -0.364 e. The summed E-state index contributed by atoms with van der Waals surface area (Å²) in [7, 11) is 0. The van der Waals surface area contributed by atoms with Crippen LogP contribution in [0.2, 0.25) is 0 Å². The number of nitrogens with zero attached hydrogens (tertiary/aromatic N) is 3. The van der Waals surface area contributed by atoms with E-state index in [2.05, 4.69) is 10.1 Å². The van der Waals surface area contributed by atoms with Crippen molar-refractivity contribution < 1.29 is 4.79 Å². The van der Waals surface area contributed by atoms with Crippen LogP contribution in [-0.2, 0) is 0 Å². The van der Waals surface area contributed by atoms with Crippen LogP contribution in [-0.4, -0.2) is 20.7 Å². The topological polar surface area (TPSA) is 99.8 Å². The lowest BCUT2D eigenvalue weighted by atomic mass is 10.1. The summed E-state index contributed by atoms with van der Waals surface area (Å²) in [5.41, 5.74) is 12.8. The van der Waals surface area contributed by atoms with Gasteiger partial charge in [0.1, 0.15) is 5.69 Å². The summed E-state index contributed by atoms with van der Waals surface area (Å²) < 4.78 is 1.55. The smallest absolute Gasteiger partial charge is 0.269 e. The Morgan fingerprint density at radius 1 is 1.44 bits per heavy atom. The Balaban J connectivity index is 2.25. The maximum absolute atomic E-state index is 10.9. The molecule has 2 aromatic rings. The minimum absolute atomic E-state index is 0.0575. The van der Waals surface area contributed by atoms with Crippen LogP contribution in [0.25, 0.3) is 5.69 Å². The normalized spacial score (nSPS) is 12.3. The van der Waals surface area contributed by atoms with Gasteiger partial charge in [0.15, 0.2) is 0 Å². The van der Waals surface area contributed by atoms with Gasteiger partial charge in [-0.25, -0.2) is 4.68 Å². The fourth-order valence-corrected chi connectivity index (χ4v) is 1.56. The van der Waals surface area contributed by atoms with Gasteiger partial charge in [-0.15, -0.1) is 0 Å². The average Bonchev–Trinajstić information content (AvgIpc) is 2.88. The van der Waals surface area contributed by atoms with E-state index in [1.807, 2.05) is 19.1 Å². The average molecular weight is 245 g/mol. The molecule has 1 unspecified atom stereocenters. The molecule has 2 heterocycles. The van der Waals surface area contributed by atoms with Crippen LogP contribution < -0.4 is 11.5 Å². The number of primary amides is 1. The summed E-state index contributed by atoms with van der Waals surface area (Å²) in [4.78, 5) is 15.2. The third-order valence-corrected chi connectivity index (χ3v) is 2.70. The van der Waals surface area contributed by atoms with Crippen LogP contribution in [0.5, 0.6) is 0 Å². The maximum atomic E-state index is 10.9. The van der Waals surface area contributed by atoms with Gasteiger partial charge in [-0.05, 0) is 24.6 Å². The van der Waals surface area contributed by atoms with Crippen LogP contribution in [0.15, 0.2) is 30.6 Å². The Hall–Kier alpha value is -2.21. The van der Waals surface area contributed by atoms with Gasteiger partial charge in [0.05, 0.1) is 17.6 Å². The molecule has 0 radical (unpaired) electrons. The standard InChI is InChI=1S/C12H15N5O/c1-2-9(13)10-4-3-8(7-15-10)17-6-5-11(16-17)12(14)18/h3-7,9H,2,13H2,1H3,(H2,14,18). The largest absolute Gasteiger partial charge is 0.364 e. The second-order valence-electron chi connectivity index (χ2n) is 3.97. The van der Waals surface area contributed by atoms with Crippen molar-refractivity contribution in [1.82, 2.24) is 14.8 Å². The van der Waals surface area contributed by atoms with Gasteiger partial charge in [-0.2, -0.15) is 5.10 Å². The predicted molar refractivity (Wildman–Crippen MR) is 67.1 cm³/mol. The number of pyridine rings is 1. The molecule has 2 rings (SSSR count). The van der Waals surface area contributed by atoms with E-state index in [4.69, 9.17) is 11.5 Å². The van der Waals surface area contributed by atoms with Gasteiger partial charge in [-0.1, -0.05) is 6.92 Å². The molecule has 1 amide bonds. The molecule has 4 N–H and O–H groups in total. The molecule has 0 saturated carbocycles. The van der Waals surface area contributed by atoms with E-state index in [-0.39, 0.29) is 11.7 Å². The summed E-state index contributed by atoms with van der Waals surface area (Å²) in [6, 6.07) is 5.22. The van der Waals surface area contributed by atoms with Crippen LogP contribution in [0.1, 0.15) is 35.6 Å². The quantitative estimate of drug-likeness (QED) is 0.831. The van der Waals surface area contributed by atoms with Crippen molar-refractivity contribution in [2.24, 2.45) is 11.5 Å². The fourth-order valence-electron chi connectivity index (χ4n) is 1.56. The second kappa shape index (κ2) is 4.97. The summed E-state index contributed by atoms with van der Waals surface area (Å²) in [6.45, 7) is 2.01. The Morgan fingerprint density at radius 2 is 2.22 bits per heavy atom. The van der Waals surface area contributed by atoms with E-state index in [0.717, 1.165) is 17.8 Å². The van der Waals surface area contributed by atoms with Crippen molar-refractivity contribution in [2.75, 3.05) is 0 Å². The molecule has 0 aliphatic carbocycles. The zero-order valence-corrected chi connectivity index (χ0v) is 10.1.